The van der Waals surface area contributed by atoms with Crippen molar-refractivity contribution in [2.24, 2.45) is 11.8 Å². The van der Waals surface area contributed by atoms with Gasteiger partial charge in [-0.1, -0.05) is 52.3 Å². The first-order valence-electron chi connectivity index (χ1n) is 17.7. The van der Waals surface area contributed by atoms with Gasteiger partial charge in [0.1, 0.15) is 43.0 Å². The molecule has 1 aliphatic heterocycles. The summed E-state index contributed by atoms with van der Waals surface area (Å²) in [6.07, 6.45) is 3.68. The molecule has 1 unspecified atom stereocenters. The second kappa shape index (κ2) is 16.9. The number of benzene rings is 1. The van der Waals surface area contributed by atoms with Crippen LogP contribution in [0.15, 0.2) is 48.8 Å². The van der Waals surface area contributed by atoms with Gasteiger partial charge in [0.15, 0.2) is 17.5 Å². The van der Waals surface area contributed by atoms with Crippen molar-refractivity contribution in [3.63, 3.8) is 0 Å². The van der Waals surface area contributed by atoms with E-state index >= 15 is 4.39 Å². The summed E-state index contributed by atoms with van der Waals surface area (Å²) in [5.74, 6) is -3.18. The summed E-state index contributed by atoms with van der Waals surface area (Å²) in [7, 11) is -4.35. The number of hydrogen-bond donors (Lipinski definition) is 3. The molecule has 18 heteroatoms. The van der Waals surface area contributed by atoms with Crippen LogP contribution < -0.4 is 20.6 Å². The summed E-state index contributed by atoms with van der Waals surface area (Å²) in [4.78, 5) is 49.4. The number of nitrogens with zero attached hydrogens (tertiary/aromatic N) is 3. The van der Waals surface area contributed by atoms with E-state index in [0.29, 0.717) is 5.52 Å². The summed E-state index contributed by atoms with van der Waals surface area (Å²) < 4.78 is 60.9. The number of nitrogen functional groups attached to an aromatic ring is 1. The molecule has 4 N–H and O–H groups in total. The van der Waals surface area contributed by atoms with Crippen LogP contribution in [0.1, 0.15) is 72.4 Å². The van der Waals surface area contributed by atoms with Crippen molar-refractivity contribution >= 4 is 36.9 Å². The van der Waals surface area contributed by atoms with Crippen molar-refractivity contribution in [3.05, 3.63) is 54.5 Å². The molecule has 16 nitrogen and oxygen atoms in total. The highest BCUT2D eigenvalue weighted by atomic mass is 31.2. The van der Waals surface area contributed by atoms with Crippen LogP contribution in [-0.2, 0) is 48.3 Å². The number of carbonyl (C=O) groups is 3. The molecule has 53 heavy (non-hydrogen) atoms. The Morgan fingerprint density at radius 3 is 2.36 bits per heavy atom. The number of ether oxygens (including phenoxy) is 4. The van der Waals surface area contributed by atoms with E-state index in [0.717, 1.165) is 32.1 Å². The number of carbonyl (C=O) groups excluding carboxylic acids is 3. The third-order valence-corrected chi connectivity index (χ3v) is 10.7. The first-order valence-corrected chi connectivity index (χ1v) is 19.3. The maximum absolute atomic E-state index is 15.6. The molecule has 0 amide bonds. The normalized spacial score (nSPS) is 23.8. The molecule has 2 aromatic heterocycles. The lowest BCUT2D eigenvalue weighted by molar-refractivity contribution is -0.199. The van der Waals surface area contributed by atoms with Crippen molar-refractivity contribution in [2.45, 2.75) is 96.2 Å². The molecular formula is C35H48FN6O10P. The Hall–Kier alpha value is -4.15. The van der Waals surface area contributed by atoms with Crippen LogP contribution in [0.2, 0.25) is 0 Å². The SMILES string of the molecule is CC(C)C(=O)O[C@@H]1[C@@](CF)(CONP(=O)(N[C@@H](C)C(=O)OC2CCCCC2)Oc2ccccc2)OC[C@@]1(OC(=O)C(C)C)c1ccc2c(N)ncnn12. The summed E-state index contributed by atoms with van der Waals surface area (Å²) in [6, 6.07) is 10.1. The molecule has 3 aromatic rings. The molecule has 2 aliphatic rings. The summed E-state index contributed by atoms with van der Waals surface area (Å²) in [6.45, 7) is 5.25. The Balaban J connectivity index is 1.47. The van der Waals surface area contributed by atoms with Gasteiger partial charge in [-0.2, -0.15) is 5.10 Å². The molecule has 2 fully saturated rings. The molecule has 1 aliphatic carbocycles. The Morgan fingerprint density at radius 1 is 1.00 bits per heavy atom. The van der Waals surface area contributed by atoms with Crippen LogP contribution in [0.25, 0.3) is 5.52 Å². The van der Waals surface area contributed by atoms with E-state index in [1.54, 1.807) is 70.2 Å². The molecule has 3 heterocycles. The highest BCUT2D eigenvalue weighted by Crippen LogP contribution is 2.48. The van der Waals surface area contributed by atoms with Crippen LogP contribution in [-0.4, -0.2) is 76.2 Å². The summed E-state index contributed by atoms with van der Waals surface area (Å²) in [5.41, 5.74) is 2.47. The summed E-state index contributed by atoms with van der Waals surface area (Å²) >= 11 is 0. The Kier molecular flexibility index (Phi) is 12.8. The number of hydrogen-bond acceptors (Lipinski definition) is 13. The van der Waals surface area contributed by atoms with Gasteiger partial charge in [-0.25, -0.2) is 23.5 Å². The first-order chi connectivity index (χ1) is 25.2. The molecule has 1 saturated carbocycles. The number of nitrogens with one attached hydrogen (secondary N) is 2. The van der Waals surface area contributed by atoms with Crippen LogP contribution in [0.4, 0.5) is 10.2 Å². The van der Waals surface area contributed by atoms with E-state index in [1.807, 2.05) is 0 Å². The first kappa shape index (κ1) is 40.0. The van der Waals surface area contributed by atoms with Crippen molar-refractivity contribution in [3.8, 4) is 5.75 Å². The topological polar surface area (TPSA) is 204 Å². The maximum Gasteiger partial charge on any atom is 0.414 e. The lowest BCUT2D eigenvalue weighted by atomic mass is 9.85. The van der Waals surface area contributed by atoms with E-state index in [2.05, 4.69) is 20.4 Å². The van der Waals surface area contributed by atoms with Gasteiger partial charge in [-0.05, 0) is 56.9 Å². The van der Waals surface area contributed by atoms with E-state index in [9.17, 15) is 18.9 Å². The number of para-hydroxylation sites is 1. The van der Waals surface area contributed by atoms with Crippen molar-refractivity contribution < 1.29 is 51.6 Å². The smallest absolute Gasteiger partial charge is 0.414 e. The molecular weight excluding hydrogens is 714 g/mol. The molecule has 290 valence electrons. The Bertz CT molecular complexity index is 1790. The zero-order valence-electron chi connectivity index (χ0n) is 30.5. The number of anilines is 1. The highest BCUT2D eigenvalue weighted by molar-refractivity contribution is 7.55. The van der Waals surface area contributed by atoms with Gasteiger partial charge < -0.3 is 29.2 Å². The minimum absolute atomic E-state index is 0.106. The number of fused-ring (bicyclic) bond motifs is 1. The third-order valence-electron chi connectivity index (χ3n) is 9.11. The van der Waals surface area contributed by atoms with E-state index in [-0.39, 0.29) is 23.4 Å². The van der Waals surface area contributed by atoms with E-state index in [1.165, 1.54) is 17.8 Å². The number of alkyl halides is 1. The van der Waals surface area contributed by atoms with Crippen LogP contribution >= 0.6 is 7.67 Å². The lowest BCUT2D eigenvalue weighted by Crippen LogP contribution is -2.57. The largest absolute Gasteiger partial charge is 0.461 e. The maximum atomic E-state index is 15.6. The Labute approximate surface area is 307 Å². The highest BCUT2D eigenvalue weighted by Gasteiger charge is 2.66. The van der Waals surface area contributed by atoms with Crippen LogP contribution in [0, 0.1) is 11.8 Å². The average molecular weight is 763 g/mol. The fraction of sp³-hybridized carbons (Fsp3) is 0.571. The minimum Gasteiger partial charge on any atom is -0.461 e. The van der Waals surface area contributed by atoms with Gasteiger partial charge in [0.2, 0.25) is 5.60 Å². The fourth-order valence-electron chi connectivity index (χ4n) is 6.16. The Morgan fingerprint density at radius 2 is 1.70 bits per heavy atom. The molecule has 1 saturated heterocycles. The van der Waals surface area contributed by atoms with Crippen LogP contribution in [0.5, 0.6) is 5.75 Å². The summed E-state index contributed by atoms with van der Waals surface area (Å²) in [5, 5.41) is 9.28. The van der Waals surface area contributed by atoms with E-state index in [4.69, 9.17) is 34.0 Å². The van der Waals surface area contributed by atoms with Crippen LogP contribution in [0.3, 0.4) is 0 Å². The van der Waals surface area contributed by atoms with Gasteiger partial charge in [-0.3, -0.25) is 19.2 Å². The fourth-order valence-corrected chi connectivity index (χ4v) is 7.57. The minimum atomic E-state index is -4.35. The van der Waals surface area contributed by atoms with Gasteiger partial charge in [-0.15, -0.1) is 5.25 Å². The lowest BCUT2D eigenvalue weighted by Gasteiger charge is -2.38. The number of esters is 3. The van der Waals surface area contributed by atoms with Crippen molar-refractivity contribution in [2.75, 3.05) is 25.6 Å². The van der Waals surface area contributed by atoms with E-state index < -0.39 is 80.7 Å². The second-order valence-corrected chi connectivity index (χ2v) is 15.7. The molecule has 1 aromatic carbocycles. The second-order valence-electron chi connectivity index (χ2n) is 14.0. The molecule has 0 bridgehead atoms. The monoisotopic (exact) mass is 762 g/mol. The number of rotatable bonds is 16. The quantitative estimate of drug-likeness (QED) is 0.0791. The van der Waals surface area contributed by atoms with Gasteiger partial charge in [0, 0.05) is 0 Å². The van der Waals surface area contributed by atoms with Gasteiger partial charge in [0.25, 0.3) is 0 Å². The number of halogens is 1. The molecule has 0 radical (unpaired) electrons. The van der Waals surface area contributed by atoms with Gasteiger partial charge in [0.05, 0.1) is 24.1 Å². The van der Waals surface area contributed by atoms with Crippen molar-refractivity contribution in [1.82, 2.24) is 24.9 Å². The molecule has 5 atom stereocenters. The van der Waals surface area contributed by atoms with Crippen molar-refractivity contribution in [1.29, 1.82) is 0 Å². The third kappa shape index (κ3) is 8.98. The standard InChI is InChI=1S/C35H48FN6O10P/c1-22(2)30(43)50-33-34(18-36,47-20-35(33,51-31(44)23(3)4)28-17-16-27-29(37)38-21-39-42(27)28)19-48-41-53(46,52-26-14-10-7-11-15-26)40-24(5)32(45)49-25-12-8-6-9-13-25/h7,10-11,14-17,21-25,33H,6,8-9,12-13,18-20H2,1-5H3,(H2,37,38,39)(H2,40,41,46)/t24-,33+,34+,35+,53?/m0/s1. The zero-order chi connectivity index (χ0) is 38.4. The predicted molar refractivity (Wildman–Crippen MR) is 189 cm³/mol. The predicted octanol–water partition coefficient (Wildman–Crippen LogP) is 4.57. The molecule has 5 rings (SSSR count). The number of aromatic nitrogens is 3. The number of nitrogens with two attached hydrogens (primary N) is 1. The molecule has 0 spiro atoms. The average Bonchev–Trinajstić information content (AvgIpc) is 3.70. The zero-order valence-corrected chi connectivity index (χ0v) is 31.4. The van der Waals surface area contributed by atoms with Gasteiger partial charge >= 0.3 is 25.6 Å².